The van der Waals surface area contributed by atoms with Crippen molar-refractivity contribution in [2.75, 3.05) is 6.61 Å². The smallest absolute Gasteiger partial charge is 0.338 e. The summed E-state index contributed by atoms with van der Waals surface area (Å²) in [6, 6.07) is 8.94. The van der Waals surface area contributed by atoms with E-state index in [1.807, 2.05) is 45.9 Å². The quantitative estimate of drug-likeness (QED) is 0.710. The van der Waals surface area contributed by atoms with E-state index in [1.54, 1.807) is 12.1 Å². The Hall–Kier alpha value is -1.64. The first-order chi connectivity index (χ1) is 9.32. The third-order valence-electron chi connectivity index (χ3n) is 3.32. The number of esters is 1. The van der Waals surface area contributed by atoms with Crippen molar-refractivity contribution in [2.45, 2.75) is 40.5 Å². The molecule has 3 nitrogen and oxygen atoms in total. The van der Waals surface area contributed by atoms with Gasteiger partial charge < -0.3 is 4.74 Å². The predicted octanol–water partition coefficient (Wildman–Crippen LogP) is 3.87. The van der Waals surface area contributed by atoms with E-state index in [1.165, 1.54) is 0 Å². The number of carbonyl (C=O) groups is 2. The van der Waals surface area contributed by atoms with Crippen LogP contribution in [-0.2, 0) is 9.53 Å². The Labute approximate surface area is 121 Å². The van der Waals surface area contributed by atoms with Gasteiger partial charge in [0.1, 0.15) is 5.78 Å². The molecule has 0 aliphatic rings. The van der Waals surface area contributed by atoms with Crippen molar-refractivity contribution in [3.8, 4) is 0 Å². The maximum absolute atomic E-state index is 11.8. The molecule has 0 radical (unpaired) electrons. The Morgan fingerprint density at radius 3 is 2.30 bits per heavy atom. The van der Waals surface area contributed by atoms with Gasteiger partial charge in [-0.05, 0) is 24.0 Å². The number of ether oxygens (including phenoxy) is 1. The summed E-state index contributed by atoms with van der Waals surface area (Å²) < 4.78 is 5.26. The molecular weight excluding hydrogens is 252 g/mol. The molecule has 0 saturated carbocycles. The highest BCUT2D eigenvalue weighted by Crippen LogP contribution is 2.27. The van der Waals surface area contributed by atoms with E-state index in [2.05, 4.69) is 0 Å². The Kier molecular flexibility index (Phi) is 5.93. The van der Waals surface area contributed by atoms with Crippen molar-refractivity contribution in [3.63, 3.8) is 0 Å². The minimum Gasteiger partial charge on any atom is -0.462 e. The Bertz CT molecular complexity index is 447. The van der Waals surface area contributed by atoms with E-state index in [4.69, 9.17) is 4.74 Å². The van der Waals surface area contributed by atoms with Crippen molar-refractivity contribution in [1.82, 2.24) is 0 Å². The van der Waals surface area contributed by atoms with Crippen LogP contribution >= 0.6 is 0 Å². The number of benzene rings is 1. The molecule has 0 bridgehead atoms. The summed E-state index contributed by atoms with van der Waals surface area (Å²) in [6.45, 7) is 8.22. The van der Waals surface area contributed by atoms with Crippen LogP contribution in [0.15, 0.2) is 30.3 Å². The monoisotopic (exact) mass is 276 g/mol. The average molecular weight is 276 g/mol. The fourth-order valence-electron chi connectivity index (χ4n) is 1.84. The molecule has 0 aliphatic heterocycles. The second kappa shape index (κ2) is 7.22. The number of Topliss-reactive ketones (excluding diaryl/α,β-unsaturated/α-hetero) is 1. The van der Waals surface area contributed by atoms with E-state index in [9.17, 15) is 9.59 Å². The lowest BCUT2D eigenvalue weighted by molar-refractivity contribution is -0.124. The van der Waals surface area contributed by atoms with Crippen LogP contribution in [0.25, 0.3) is 0 Å². The van der Waals surface area contributed by atoms with Gasteiger partial charge in [-0.15, -0.1) is 0 Å². The zero-order valence-corrected chi connectivity index (χ0v) is 12.8. The summed E-state index contributed by atoms with van der Waals surface area (Å²) >= 11 is 0. The molecule has 0 fully saturated rings. The topological polar surface area (TPSA) is 43.4 Å². The van der Waals surface area contributed by atoms with Crippen LogP contribution in [0.2, 0.25) is 0 Å². The van der Waals surface area contributed by atoms with Gasteiger partial charge in [-0.25, -0.2) is 4.79 Å². The molecule has 0 unspecified atom stereocenters. The molecule has 0 heterocycles. The van der Waals surface area contributed by atoms with Crippen molar-refractivity contribution in [1.29, 1.82) is 0 Å². The van der Waals surface area contributed by atoms with Crippen LogP contribution in [0.4, 0.5) is 0 Å². The normalized spacial score (nSPS) is 11.4. The molecule has 0 amide bonds. The molecule has 110 valence electrons. The van der Waals surface area contributed by atoms with Gasteiger partial charge in [0, 0.05) is 12.3 Å². The Balaban J connectivity index is 2.40. The summed E-state index contributed by atoms with van der Waals surface area (Å²) in [7, 11) is 0. The summed E-state index contributed by atoms with van der Waals surface area (Å²) in [6.07, 6.45) is 1.21. The van der Waals surface area contributed by atoms with Crippen molar-refractivity contribution >= 4 is 11.8 Å². The van der Waals surface area contributed by atoms with Crippen LogP contribution in [-0.4, -0.2) is 18.4 Å². The molecule has 0 aliphatic carbocycles. The highest BCUT2D eigenvalue weighted by Gasteiger charge is 2.23. The second-order valence-electron chi connectivity index (χ2n) is 6.21. The van der Waals surface area contributed by atoms with Gasteiger partial charge in [0.25, 0.3) is 0 Å². The molecular formula is C17H24O3. The SMILES string of the molecule is CC(C)C(=O)CC(C)(C)CCOC(=O)c1ccccc1. The number of ketones is 1. The van der Waals surface area contributed by atoms with E-state index in [-0.39, 0.29) is 23.1 Å². The van der Waals surface area contributed by atoms with Crippen LogP contribution in [0.3, 0.4) is 0 Å². The molecule has 0 N–H and O–H groups in total. The first-order valence-corrected chi connectivity index (χ1v) is 7.07. The van der Waals surface area contributed by atoms with Gasteiger partial charge in [0.15, 0.2) is 0 Å². The van der Waals surface area contributed by atoms with E-state index >= 15 is 0 Å². The lowest BCUT2D eigenvalue weighted by atomic mass is 9.82. The number of hydrogen-bond donors (Lipinski definition) is 0. The Morgan fingerprint density at radius 2 is 1.75 bits per heavy atom. The van der Waals surface area contributed by atoms with E-state index in [0.717, 1.165) is 0 Å². The van der Waals surface area contributed by atoms with E-state index in [0.29, 0.717) is 25.0 Å². The number of carbonyl (C=O) groups excluding carboxylic acids is 2. The number of hydrogen-bond acceptors (Lipinski definition) is 3. The largest absolute Gasteiger partial charge is 0.462 e. The third kappa shape index (κ3) is 5.55. The highest BCUT2D eigenvalue weighted by molar-refractivity contribution is 5.89. The van der Waals surface area contributed by atoms with Gasteiger partial charge in [-0.2, -0.15) is 0 Å². The lowest BCUT2D eigenvalue weighted by Gasteiger charge is -2.24. The fraction of sp³-hybridized carbons (Fsp3) is 0.529. The van der Waals surface area contributed by atoms with Crippen LogP contribution in [0.1, 0.15) is 50.9 Å². The van der Waals surface area contributed by atoms with Gasteiger partial charge in [-0.3, -0.25) is 4.79 Å². The third-order valence-corrected chi connectivity index (χ3v) is 3.32. The zero-order chi connectivity index (χ0) is 15.2. The summed E-state index contributed by atoms with van der Waals surface area (Å²) in [4.78, 5) is 23.5. The molecule has 20 heavy (non-hydrogen) atoms. The van der Waals surface area contributed by atoms with Gasteiger partial charge in [-0.1, -0.05) is 45.9 Å². The summed E-state index contributed by atoms with van der Waals surface area (Å²) in [5.74, 6) is 0.00196. The fourth-order valence-corrected chi connectivity index (χ4v) is 1.84. The average Bonchev–Trinajstić information content (AvgIpc) is 2.38. The second-order valence-corrected chi connectivity index (χ2v) is 6.21. The van der Waals surface area contributed by atoms with Crippen LogP contribution < -0.4 is 0 Å². The maximum atomic E-state index is 11.8. The first-order valence-electron chi connectivity index (χ1n) is 7.07. The molecule has 1 aromatic carbocycles. The molecule has 0 spiro atoms. The Morgan fingerprint density at radius 1 is 1.15 bits per heavy atom. The van der Waals surface area contributed by atoms with Crippen molar-refractivity contribution in [3.05, 3.63) is 35.9 Å². The summed E-state index contributed by atoms with van der Waals surface area (Å²) in [5, 5.41) is 0. The first kappa shape index (κ1) is 16.4. The minimum absolute atomic E-state index is 0.0566. The minimum atomic E-state index is -0.309. The van der Waals surface area contributed by atoms with Gasteiger partial charge in [0.2, 0.25) is 0 Å². The molecule has 1 aromatic rings. The summed E-state index contributed by atoms with van der Waals surface area (Å²) in [5.41, 5.74) is 0.418. The predicted molar refractivity (Wildman–Crippen MR) is 79.6 cm³/mol. The van der Waals surface area contributed by atoms with Crippen LogP contribution in [0, 0.1) is 11.3 Å². The molecule has 3 heteroatoms. The zero-order valence-electron chi connectivity index (χ0n) is 12.8. The maximum Gasteiger partial charge on any atom is 0.338 e. The number of rotatable bonds is 7. The highest BCUT2D eigenvalue weighted by atomic mass is 16.5. The molecule has 0 atom stereocenters. The van der Waals surface area contributed by atoms with Crippen molar-refractivity contribution < 1.29 is 14.3 Å². The molecule has 1 rings (SSSR count). The van der Waals surface area contributed by atoms with Gasteiger partial charge >= 0.3 is 5.97 Å². The van der Waals surface area contributed by atoms with Crippen LogP contribution in [0.5, 0.6) is 0 Å². The standard InChI is InChI=1S/C17H24O3/c1-13(2)15(18)12-17(3,4)10-11-20-16(19)14-8-6-5-7-9-14/h5-9,13H,10-12H2,1-4H3. The molecule has 0 saturated heterocycles. The van der Waals surface area contributed by atoms with Gasteiger partial charge in [0.05, 0.1) is 12.2 Å². The van der Waals surface area contributed by atoms with E-state index < -0.39 is 0 Å². The molecule has 0 aromatic heterocycles. The lowest BCUT2D eigenvalue weighted by Crippen LogP contribution is -2.22. The van der Waals surface area contributed by atoms with Crippen molar-refractivity contribution in [2.24, 2.45) is 11.3 Å².